The van der Waals surface area contributed by atoms with E-state index in [0.29, 0.717) is 17.5 Å². The molecule has 3 nitrogen and oxygen atoms in total. The Morgan fingerprint density at radius 2 is 2.24 bits per heavy atom. The number of hydrogen-bond acceptors (Lipinski definition) is 5. The average molecular weight is 326 g/mol. The zero-order chi connectivity index (χ0) is 15.0. The first-order valence-electron chi connectivity index (χ1n) is 8.07. The predicted molar refractivity (Wildman–Crippen MR) is 94.8 cm³/mol. The van der Waals surface area contributed by atoms with Crippen LogP contribution >= 0.6 is 23.1 Å². The zero-order valence-electron chi connectivity index (χ0n) is 13.6. The Kier molecular flexibility index (Phi) is 4.53. The van der Waals surface area contributed by atoms with Gasteiger partial charge in [-0.2, -0.15) is 11.8 Å². The summed E-state index contributed by atoms with van der Waals surface area (Å²) in [6, 6.07) is 1.11. The van der Waals surface area contributed by atoms with Gasteiger partial charge in [0, 0.05) is 35.0 Å². The molecule has 3 rings (SSSR count). The molecule has 1 aromatic heterocycles. The second kappa shape index (κ2) is 6.09. The Morgan fingerprint density at radius 3 is 2.95 bits per heavy atom. The summed E-state index contributed by atoms with van der Waals surface area (Å²) in [5.41, 5.74) is 1.71. The number of aromatic nitrogens is 1. The summed E-state index contributed by atoms with van der Waals surface area (Å²) in [5, 5.41) is 4.93. The first-order valence-corrected chi connectivity index (χ1v) is 10.0. The van der Waals surface area contributed by atoms with Crippen molar-refractivity contribution in [2.45, 2.75) is 52.6 Å². The van der Waals surface area contributed by atoms with Crippen molar-refractivity contribution in [3.8, 4) is 0 Å². The molecule has 1 N–H and O–H groups in total. The van der Waals surface area contributed by atoms with Gasteiger partial charge in [-0.1, -0.05) is 32.1 Å². The number of hydrogen-bond donors (Lipinski definition) is 1. The lowest BCUT2D eigenvalue weighted by molar-refractivity contribution is 0.260. The summed E-state index contributed by atoms with van der Waals surface area (Å²) in [6.07, 6.45) is 2.35. The van der Waals surface area contributed by atoms with Gasteiger partial charge in [0.2, 0.25) is 0 Å². The van der Waals surface area contributed by atoms with Crippen LogP contribution < -0.4 is 10.2 Å². The van der Waals surface area contributed by atoms with Crippen LogP contribution in [0.15, 0.2) is 0 Å². The van der Waals surface area contributed by atoms with Crippen molar-refractivity contribution in [2.75, 3.05) is 29.5 Å². The van der Waals surface area contributed by atoms with Gasteiger partial charge in [0.1, 0.15) is 0 Å². The lowest BCUT2D eigenvalue weighted by Gasteiger charge is -2.34. The molecule has 2 aliphatic rings. The van der Waals surface area contributed by atoms with Gasteiger partial charge in [0.25, 0.3) is 0 Å². The molecule has 2 heterocycles. The molecular weight excluding hydrogens is 298 g/mol. The number of nitrogens with one attached hydrogen (secondary N) is 1. The normalized spacial score (nSPS) is 28.5. The van der Waals surface area contributed by atoms with E-state index in [1.54, 1.807) is 0 Å². The van der Waals surface area contributed by atoms with Crippen LogP contribution in [0.5, 0.6) is 0 Å². The van der Waals surface area contributed by atoms with Crippen LogP contribution in [0.4, 0.5) is 5.13 Å². The van der Waals surface area contributed by atoms with Gasteiger partial charge in [-0.05, 0) is 31.7 Å². The van der Waals surface area contributed by atoms with Crippen LogP contribution in [0.1, 0.15) is 50.7 Å². The van der Waals surface area contributed by atoms with Gasteiger partial charge in [0.05, 0.1) is 5.69 Å². The molecule has 1 fully saturated rings. The molecule has 0 spiro atoms. The molecule has 5 heteroatoms. The number of thiazole rings is 1. The van der Waals surface area contributed by atoms with Gasteiger partial charge in [-0.25, -0.2) is 4.98 Å². The van der Waals surface area contributed by atoms with Crippen LogP contribution in [-0.2, 0) is 6.42 Å². The quantitative estimate of drug-likeness (QED) is 0.917. The van der Waals surface area contributed by atoms with Crippen LogP contribution in [-0.4, -0.2) is 35.6 Å². The van der Waals surface area contributed by atoms with E-state index >= 15 is 0 Å². The maximum atomic E-state index is 5.05. The molecule has 21 heavy (non-hydrogen) atoms. The van der Waals surface area contributed by atoms with Crippen molar-refractivity contribution >= 4 is 28.2 Å². The third kappa shape index (κ3) is 3.25. The summed E-state index contributed by atoms with van der Waals surface area (Å²) >= 11 is 4.01. The third-order valence-electron chi connectivity index (χ3n) is 4.50. The maximum Gasteiger partial charge on any atom is 0.186 e. The fourth-order valence-electron chi connectivity index (χ4n) is 3.47. The molecular formula is C16H27N3S2. The second-order valence-corrected chi connectivity index (χ2v) is 9.24. The Hall–Kier alpha value is -0.260. The minimum absolute atomic E-state index is 0.356. The van der Waals surface area contributed by atoms with Crippen molar-refractivity contribution in [3.63, 3.8) is 0 Å². The Bertz CT molecular complexity index is 498. The fourth-order valence-corrected chi connectivity index (χ4v) is 5.76. The summed E-state index contributed by atoms with van der Waals surface area (Å²) in [5.74, 6) is 2.46. The molecule has 1 aliphatic carbocycles. The minimum Gasteiger partial charge on any atom is -0.344 e. The first kappa shape index (κ1) is 15.6. The zero-order valence-corrected chi connectivity index (χ0v) is 15.2. The smallest absolute Gasteiger partial charge is 0.186 e. The van der Waals surface area contributed by atoms with Crippen molar-refractivity contribution < 1.29 is 0 Å². The molecule has 0 radical (unpaired) electrons. The van der Waals surface area contributed by atoms with Crippen molar-refractivity contribution in [2.24, 2.45) is 5.41 Å². The van der Waals surface area contributed by atoms with Gasteiger partial charge in [-0.15, -0.1) is 0 Å². The van der Waals surface area contributed by atoms with Crippen molar-refractivity contribution in [3.05, 3.63) is 10.6 Å². The largest absolute Gasteiger partial charge is 0.344 e. The summed E-state index contributed by atoms with van der Waals surface area (Å²) in [6.45, 7) is 11.5. The molecule has 1 aliphatic heterocycles. The van der Waals surface area contributed by atoms with E-state index in [-0.39, 0.29) is 0 Å². The van der Waals surface area contributed by atoms with E-state index < -0.39 is 0 Å². The second-order valence-electron chi connectivity index (χ2n) is 7.08. The summed E-state index contributed by atoms with van der Waals surface area (Å²) in [4.78, 5) is 9.07. The van der Waals surface area contributed by atoms with Crippen molar-refractivity contribution in [1.29, 1.82) is 0 Å². The molecule has 0 bridgehead atoms. The van der Waals surface area contributed by atoms with E-state index in [0.717, 1.165) is 19.5 Å². The first-order chi connectivity index (χ1) is 10.00. The molecule has 118 valence electrons. The van der Waals surface area contributed by atoms with E-state index in [1.165, 1.54) is 33.6 Å². The highest BCUT2D eigenvalue weighted by Gasteiger charge is 2.35. The van der Waals surface area contributed by atoms with Crippen LogP contribution in [0, 0.1) is 5.41 Å². The number of nitrogens with zero attached hydrogens (tertiary/aromatic N) is 2. The predicted octanol–water partition coefficient (Wildman–Crippen LogP) is 3.71. The van der Waals surface area contributed by atoms with E-state index in [9.17, 15) is 0 Å². The minimum atomic E-state index is 0.356. The molecule has 0 saturated carbocycles. The van der Waals surface area contributed by atoms with Gasteiger partial charge < -0.3 is 10.2 Å². The fraction of sp³-hybridized carbons (Fsp3) is 0.812. The summed E-state index contributed by atoms with van der Waals surface area (Å²) < 4.78 is 0. The molecule has 2 unspecified atom stereocenters. The lowest BCUT2D eigenvalue weighted by atomic mass is 9.76. The third-order valence-corrected chi connectivity index (χ3v) is 6.94. The van der Waals surface area contributed by atoms with Crippen molar-refractivity contribution in [1.82, 2.24) is 10.3 Å². The average Bonchev–Trinajstić information content (AvgIpc) is 2.81. The van der Waals surface area contributed by atoms with Gasteiger partial charge >= 0.3 is 0 Å². The Balaban J connectivity index is 1.90. The molecule has 1 saturated heterocycles. The number of anilines is 1. The molecule has 1 aromatic rings. The highest BCUT2D eigenvalue weighted by molar-refractivity contribution is 7.99. The topological polar surface area (TPSA) is 28.2 Å². The number of rotatable bonds is 3. The molecule has 0 amide bonds. The lowest BCUT2D eigenvalue weighted by Crippen LogP contribution is -2.40. The number of thioether (sulfide) groups is 1. The van der Waals surface area contributed by atoms with E-state index in [1.807, 2.05) is 11.3 Å². The van der Waals surface area contributed by atoms with E-state index in [4.69, 9.17) is 4.98 Å². The van der Waals surface area contributed by atoms with E-state index in [2.05, 4.69) is 49.7 Å². The summed E-state index contributed by atoms with van der Waals surface area (Å²) in [7, 11) is 0. The van der Waals surface area contributed by atoms with Crippen LogP contribution in [0.25, 0.3) is 0 Å². The Labute approximate surface area is 136 Å². The molecule has 0 aromatic carbocycles. The number of fused-ring (bicyclic) bond motifs is 1. The maximum absolute atomic E-state index is 5.05. The Morgan fingerprint density at radius 1 is 1.43 bits per heavy atom. The highest BCUT2D eigenvalue weighted by atomic mass is 32.2. The molecule has 2 atom stereocenters. The standard InChI is InChI=1S/C16H27N3S2/c1-5-17-12-8-16(3,4)9-13-14(12)21-15(18-13)19-6-7-20-10-11(19)2/h11-12,17H,5-10H2,1-4H3. The van der Waals surface area contributed by atoms with Gasteiger partial charge in [0.15, 0.2) is 5.13 Å². The van der Waals surface area contributed by atoms with Gasteiger partial charge in [-0.3, -0.25) is 0 Å². The van der Waals surface area contributed by atoms with Crippen LogP contribution in [0.2, 0.25) is 0 Å². The SMILES string of the molecule is CCNC1CC(C)(C)Cc2nc(N3CCSCC3C)sc21. The highest BCUT2D eigenvalue weighted by Crippen LogP contribution is 2.45. The monoisotopic (exact) mass is 325 g/mol. The van der Waals surface area contributed by atoms with Crippen LogP contribution in [0.3, 0.4) is 0 Å².